The van der Waals surface area contributed by atoms with Gasteiger partial charge in [0.2, 0.25) is 0 Å². The summed E-state index contributed by atoms with van der Waals surface area (Å²) in [6, 6.07) is 7.81. The molecule has 4 heteroatoms. The normalized spacial score (nSPS) is 28.9. The van der Waals surface area contributed by atoms with Gasteiger partial charge < -0.3 is 10.2 Å². The van der Waals surface area contributed by atoms with Gasteiger partial charge in [-0.2, -0.15) is 0 Å². The highest BCUT2D eigenvalue weighted by molar-refractivity contribution is 6.10. The molecule has 1 aliphatic carbocycles. The maximum Gasteiger partial charge on any atom is 0.148 e. The second-order valence-corrected chi connectivity index (χ2v) is 6.13. The Morgan fingerprint density at radius 1 is 1.33 bits per heavy atom. The van der Waals surface area contributed by atoms with Crippen molar-refractivity contribution in [3.05, 3.63) is 29.8 Å². The van der Waals surface area contributed by atoms with Gasteiger partial charge >= 0.3 is 0 Å². The molecule has 1 aromatic rings. The lowest BCUT2D eigenvalue weighted by atomic mass is 9.63. The van der Waals surface area contributed by atoms with E-state index in [9.17, 15) is 9.90 Å². The topological polar surface area (TPSA) is 69.9 Å². The van der Waals surface area contributed by atoms with Crippen LogP contribution >= 0.6 is 0 Å². The first-order chi connectivity index (χ1) is 10.2. The zero-order valence-electron chi connectivity index (χ0n) is 12.0. The fourth-order valence-electron chi connectivity index (χ4n) is 3.81. The van der Waals surface area contributed by atoms with Crippen LogP contribution < -0.4 is 0 Å². The van der Waals surface area contributed by atoms with E-state index < -0.39 is 5.41 Å². The second-order valence-electron chi connectivity index (χ2n) is 6.13. The number of ketones is 1. The number of hydrogen-bond donors (Lipinski definition) is 2. The van der Waals surface area contributed by atoms with Crippen molar-refractivity contribution in [1.82, 2.24) is 0 Å². The van der Waals surface area contributed by atoms with Gasteiger partial charge in [-0.1, -0.05) is 18.2 Å². The predicted octanol–water partition coefficient (Wildman–Crippen LogP) is 2.00. The van der Waals surface area contributed by atoms with Gasteiger partial charge in [0, 0.05) is 25.8 Å². The van der Waals surface area contributed by atoms with E-state index >= 15 is 0 Å². The highest BCUT2D eigenvalue weighted by Crippen LogP contribution is 2.47. The van der Waals surface area contributed by atoms with Crippen LogP contribution in [0.2, 0.25) is 0 Å². The number of carbonyl (C=O) groups is 1. The van der Waals surface area contributed by atoms with Gasteiger partial charge in [-0.3, -0.25) is 9.79 Å². The molecule has 1 aliphatic heterocycles. The number of aliphatic imine (C=N–C) groups is 1. The molecule has 0 aromatic heterocycles. The molecule has 3 rings (SSSR count). The molecule has 0 radical (unpaired) electrons. The van der Waals surface area contributed by atoms with Crippen molar-refractivity contribution >= 4 is 17.7 Å². The number of nitrogens with zero attached hydrogens (tertiary/aromatic N) is 1. The van der Waals surface area contributed by atoms with Crippen LogP contribution in [0.5, 0.6) is 0 Å². The van der Waals surface area contributed by atoms with Crippen molar-refractivity contribution in [2.24, 2.45) is 16.8 Å². The van der Waals surface area contributed by atoms with E-state index in [0.717, 1.165) is 17.7 Å². The van der Waals surface area contributed by atoms with Crippen LogP contribution in [0.4, 0.5) is 5.69 Å². The van der Waals surface area contributed by atoms with Crippen LogP contribution in [-0.4, -0.2) is 35.4 Å². The third-order valence-corrected chi connectivity index (χ3v) is 5.03. The summed E-state index contributed by atoms with van der Waals surface area (Å²) in [5.41, 5.74) is 1.28. The number of aliphatic hydroxyl groups is 2. The highest BCUT2D eigenvalue weighted by atomic mass is 16.3. The highest BCUT2D eigenvalue weighted by Gasteiger charge is 2.48. The number of para-hydroxylation sites is 1. The van der Waals surface area contributed by atoms with Gasteiger partial charge in [-0.25, -0.2) is 0 Å². The summed E-state index contributed by atoms with van der Waals surface area (Å²) in [4.78, 5) is 17.0. The lowest BCUT2D eigenvalue weighted by molar-refractivity contribution is -0.125. The second kappa shape index (κ2) is 5.70. The Balaban J connectivity index is 1.92. The Labute approximate surface area is 124 Å². The molecule has 0 amide bonds. The van der Waals surface area contributed by atoms with Gasteiger partial charge in [-0.15, -0.1) is 0 Å². The minimum atomic E-state index is -0.609. The third-order valence-electron chi connectivity index (χ3n) is 5.03. The van der Waals surface area contributed by atoms with Crippen LogP contribution in [0.15, 0.2) is 29.3 Å². The standard InChI is InChI=1S/C17H21NO3/c19-8-7-13(10-20)12-5-6-16(21)17(9-12)11-18-15-4-2-1-3-14(15)17/h1-4,11-13,19-20H,5-10H2. The Hall–Kier alpha value is -1.52. The Morgan fingerprint density at radius 3 is 2.90 bits per heavy atom. The van der Waals surface area contributed by atoms with E-state index in [1.807, 2.05) is 24.3 Å². The molecule has 21 heavy (non-hydrogen) atoms. The summed E-state index contributed by atoms with van der Waals surface area (Å²) in [5.74, 6) is 0.534. The van der Waals surface area contributed by atoms with E-state index in [2.05, 4.69) is 4.99 Å². The maximum absolute atomic E-state index is 12.6. The number of rotatable bonds is 4. The van der Waals surface area contributed by atoms with Crippen molar-refractivity contribution in [1.29, 1.82) is 0 Å². The monoisotopic (exact) mass is 287 g/mol. The first-order valence-corrected chi connectivity index (χ1v) is 7.61. The molecule has 2 aliphatic rings. The SMILES string of the molecule is O=C1CCC(C(CO)CCO)CC12C=Nc1ccccc12. The third kappa shape index (κ3) is 2.32. The first-order valence-electron chi connectivity index (χ1n) is 7.61. The number of aliphatic hydroxyl groups excluding tert-OH is 2. The van der Waals surface area contributed by atoms with Crippen molar-refractivity contribution in [3.63, 3.8) is 0 Å². The number of hydrogen-bond acceptors (Lipinski definition) is 4. The Morgan fingerprint density at radius 2 is 2.14 bits per heavy atom. The van der Waals surface area contributed by atoms with Crippen molar-refractivity contribution in [3.8, 4) is 0 Å². The van der Waals surface area contributed by atoms with Crippen LogP contribution in [0, 0.1) is 11.8 Å². The number of carbonyl (C=O) groups excluding carboxylic acids is 1. The minimum absolute atomic E-state index is 0.0566. The van der Waals surface area contributed by atoms with Gasteiger partial charge in [0.25, 0.3) is 0 Å². The molecule has 4 nitrogen and oxygen atoms in total. The predicted molar refractivity (Wildman–Crippen MR) is 80.9 cm³/mol. The molecular weight excluding hydrogens is 266 g/mol. The van der Waals surface area contributed by atoms with E-state index in [4.69, 9.17) is 5.11 Å². The van der Waals surface area contributed by atoms with Crippen molar-refractivity contribution < 1.29 is 15.0 Å². The number of Topliss-reactive ketones (excluding diaryl/α,β-unsaturated/α-hetero) is 1. The zero-order valence-corrected chi connectivity index (χ0v) is 12.0. The molecule has 2 N–H and O–H groups in total. The summed E-state index contributed by atoms with van der Waals surface area (Å²) >= 11 is 0. The number of benzene rings is 1. The molecule has 1 aromatic carbocycles. The largest absolute Gasteiger partial charge is 0.396 e. The van der Waals surface area contributed by atoms with Crippen molar-refractivity contribution in [2.45, 2.75) is 31.1 Å². The average molecular weight is 287 g/mol. The quantitative estimate of drug-likeness (QED) is 0.890. The van der Waals surface area contributed by atoms with Crippen LogP contribution in [-0.2, 0) is 10.2 Å². The molecule has 1 saturated carbocycles. The zero-order chi connectivity index (χ0) is 14.9. The summed E-state index contributed by atoms with van der Waals surface area (Å²) in [6.07, 6.45) is 4.40. The molecule has 3 unspecified atom stereocenters. The number of fused-ring (bicyclic) bond motifs is 2. The molecule has 1 heterocycles. The lowest BCUT2D eigenvalue weighted by Crippen LogP contribution is -2.43. The average Bonchev–Trinajstić information content (AvgIpc) is 2.88. The molecule has 1 spiro atoms. The fraction of sp³-hybridized carbons (Fsp3) is 0.529. The van der Waals surface area contributed by atoms with Gasteiger partial charge in [0.1, 0.15) is 5.78 Å². The molecular formula is C17H21NO3. The molecule has 0 saturated heterocycles. The van der Waals surface area contributed by atoms with Crippen LogP contribution in [0.3, 0.4) is 0 Å². The van der Waals surface area contributed by atoms with Crippen LogP contribution in [0.25, 0.3) is 0 Å². The molecule has 3 atom stereocenters. The summed E-state index contributed by atoms with van der Waals surface area (Å²) in [6.45, 7) is 0.141. The van der Waals surface area contributed by atoms with E-state index in [1.54, 1.807) is 6.21 Å². The first kappa shape index (κ1) is 14.4. The van der Waals surface area contributed by atoms with Crippen LogP contribution in [0.1, 0.15) is 31.2 Å². The maximum atomic E-state index is 12.6. The van der Waals surface area contributed by atoms with Gasteiger partial charge in [0.05, 0.1) is 11.1 Å². The van der Waals surface area contributed by atoms with Gasteiger partial charge in [-0.05, 0) is 42.7 Å². The lowest BCUT2D eigenvalue weighted by Gasteiger charge is -2.38. The molecule has 112 valence electrons. The van der Waals surface area contributed by atoms with Gasteiger partial charge in [0.15, 0.2) is 0 Å². The Kier molecular flexibility index (Phi) is 3.91. The van der Waals surface area contributed by atoms with Crippen molar-refractivity contribution in [2.75, 3.05) is 13.2 Å². The summed E-state index contributed by atoms with van der Waals surface area (Å²) in [5, 5.41) is 18.7. The van der Waals surface area contributed by atoms with E-state index in [-0.39, 0.29) is 30.8 Å². The van der Waals surface area contributed by atoms with E-state index in [1.165, 1.54) is 0 Å². The molecule has 0 bridgehead atoms. The summed E-state index contributed by atoms with van der Waals surface area (Å²) < 4.78 is 0. The van der Waals surface area contributed by atoms with E-state index in [0.29, 0.717) is 19.3 Å². The smallest absolute Gasteiger partial charge is 0.148 e. The fourth-order valence-corrected chi connectivity index (χ4v) is 3.81. The minimum Gasteiger partial charge on any atom is -0.396 e. The summed E-state index contributed by atoms with van der Waals surface area (Å²) in [7, 11) is 0. The Bertz CT molecular complexity index is 569. The molecule has 1 fully saturated rings.